The van der Waals surface area contributed by atoms with Gasteiger partial charge in [-0.2, -0.15) is 0 Å². The Bertz CT molecular complexity index is 558. The molecule has 0 amide bonds. The maximum atomic E-state index is 6.56. The minimum absolute atomic E-state index is 0.127. The Balaban J connectivity index is 2.40. The summed E-state index contributed by atoms with van der Waals surface area (Å²) in [7, 11) is 0. The number of alkyl halides is 1. The third-order valence-electron chi connectivity index (χ3n) is 3.00. The Labute approximate surface area is 130 Å². The first kappa shape index (κ1) is 14.1. The van der Waals surface area contributed by atoms with Gasteiger partial charge in [0.15, 0.2) is 0 Å². The van der Waals surface area contributed by atoms with Crippen molar-refractivity contribution in [1.29, 1.82) is 0 Å². The van der Waals surface area contributed by atoms with Gasteiger partial charge in [-0.15, -0.1) is 11.6 Å². The molecule has 2 rings (SSSR count). The quantitative estimate of drug-likeness (QED) is 0.541. The normalized spacial score (nSPS) is 12.5. The molecule has 0 aliphatic rings. The summed E-state index contributed by atoms with van der Waals surface area (Å²) in [6.45, 7) is 4.22. The van der Waals surface area contributed by atoms with Crippen molar-refractivity contribution in [2.45, 2.75) is 19.2 Å². The summed E-state index contributed by atoms with van der Waals surface area (Å²) in [4.78, 5) is 0. The van der Waals surface area contributed by atoms with E-state index in [1.165, 1.54) is 11.1 Å². The second-order valence-electron chi connectivity index (χ2n) is 4.41. The smallest absolute Gasteiger partial charge is 0.0836 e. The molecule has 2 aromatic rings. The Morgan fingerprint density at radius 2 is 1.44 bits per heavy atom. The lowest BCUT2D eigenvalue weighted by Gasteiger charge is -2.13. The number of hydrogen-bond acceptors (Lipinski definition) is 0. The summed E-state index contributed by atoms with van der Waals surface area (Å²) < 4.78 is 2.06. The average molecular weight is 389 g/mol. The van der Waals surface area contributed by atoms with E-state index in [1.807, 2.05) is 6.07 Å². The van der Waals surface area contributed by atoms with Gasteiger partial charge in [0, 0.05) is 8.95 Å². The molecule has 0 radical (unpaired) electrons. The Hall–Kier alpha value is -0.310. The third-order valence-corrected chi connectivity index (χ3v) is 4.42. The zero-order chi connectivity index (χ0) is 13.3. The van der Waals surface area contributed by atoms with Crippen LogP contribution in [0.3, 0.4) is 0 Å². The topological polar surface area (TPSA) is 0 Å². The van der Waals surface area contributed by atoms with Crippen LogP contribution in [-0.2, 0) is 0 Å². The predicted molar refractivity (Wildman–Crippen MR) is 85.5 cm³/mol. The Morgan fingerprint density at radius 3 is 2.00 bits per heavy atom. The van der Waals surface area contributed by atoms with E-state index in [2.05, 4.69) is 76.0 Å². The lowest BCUT2D eigenvalue weighted by Crippen LogP contribution is -1.95. The van der Waals surface area contributed by atoms with Crippen LogP contribution in [-0.4, -0.2) is 0 Å². The minimum atomic E-state index is -0.127. The molecule has 0 aliphatic carbocycles. The lowest BCUT2D eigenvalue weighted by atomic mass is 10.0. The molecule has 0 aromatic heterocycles. The molecule has 0 aliphatic heterocycles. The van der Waals surface area contributed by atoms with Crippen LogP contribution in [0.2, 0.25) is 0 Å². The summed E-state index contributed by atoms with van der Waals surface area (Å²) in [5.74, 6) is 0. The van der Waals surface area contributed by atoms with E-state index in [9.17, 15) is 0 Å². The molecule has 0 heterocycles. The molecular formula is C15H13Br2Cl. The summed E-state index contributed by atoms with van der Waals surface area (Å²) in [6, 6.07) is 12.5. The van der Waals surface area contributed by atoms with E-state index in [4.69, 9.17) is 11.6 Å². The highest BCUT2D eigenvalue weighted by atomic mass is 79.9. The van der Waals surface area contributed by atoms with Gasteiger partial charge in [-0.1, -0.05) is 50.1 Å². The van der Waals surface area contributed by atoms with Gasteiger partial charge in [0.05, 0.1) is 5.38 Å². The van der Waals surface area contributed by atoms with Crippen LogP contribution < -0.4 is 0 Å². The van der Waals surface area contributed by atoms with Crippen LogP contribution in [0.15, 0.2) is 45.3 Å². The van der Waals surface area contributed by atoms with Crippen molar-refractivity contribution in [3.05, 3.63) is 67.6 Å². The molecule has 0 saturated heterocycles. The van der Waals surface area contributed by atoms with E-state index < -0.39 is 0 Å². The maximum absolute atomic E-state index is 6.56. The highest BCUT2D eigenvalue weighted by Crippen LogP contribution is 2.33. The molecule has 1 atom stereocenters. The van der Waals surface area contributed by atoms with Crippen LogP contribution in [0, 0.1) is 13.8 Å². The molecule has 0 saturated carbocycles. The van der Waals surface area contributed by atoms with Crippen molar-refractivity contribution >= 4 is 43.5 Å². The molecule has 3 heteroatoms. The summed E-state index contributed by atoms with van der Waals surface area (Å²) in [5.41, 5.74) is 4.77. The number of aryl methyl sites for hydroxylation is 2. The van der Waals surface area contributed by atoms with Gasteiger partial charge in [-0.05, 0) is 54.3 Å². The highest BCUT2D eigenvalue weighted by Gasteiger charge is 2.12. The summed E-state index contributed by atoms with van der Waals surface area (Å²) >= 11 is 13.5. The van der Waals surface area contributed by atoms with E-state index in [-0.39, 0.29) is 5.38 Å². The summed E-state index contributed by atoms with van der Waals surface area (Å²) in [5, 5.41) is -0.127. The first-order chi connectivity index (χ1) is 8.47. The van der Waals surface area contributed by atoms with Gasteiger partial charge < -0.3 is 0 Å². The number of benzene rings is 2. The zero-order valence-electron chi connectivity index (χ0n) is 10.2. The fourth-order valence-electron chi connectivity index (χ4n) is 1.84. The molecule has 0 N–H and O–H groups in total. The van der Waals surface area contributed by atoms with Gasteiger partial charge in [-0.25, -0.2) is 0 Å². The van der Waals surface area contributed by atoms with Gasteiger partial charge in [0.2, 0.25) is 0 Å². The van der Waals surface area contributed by atoms with Crippen LogP contribution in [0.1, 0.15) is 27.6 Å². The lowest BCUT2D eigenvalue weighted by molar-refractivity contribution is 1.12. The molecular weight excluding hydrogens is 375 g/mol. The first-order valence-corrected chi connectivity index (χ1v) is 7.67. The van der Waals surface area contributed by atoms with Crippen LogP contribution in [0.4, 0.5) is 0 Å². The number of halogens is 3. The Morgan fingerprint density at radius 1 is 0.833 bits per heavy atom. The van der Waals surface area contributed by atoms with Gasteiger partial charge in [-0.3, -0.25) is 0 Å². The van der Waals surface area contributed by atoms with Crippen molar-refractivity contribution in [2.75, 3.05) is 0 Å². The summed E-state index contributed by atoms with van der Waals surface area (Å²) in [6.07, 6.45) is 0. The number of hydrogen-bond donors (Lipinski definition) is 0. The highest BCUT2D eigenvalue weighted by molar-refractivity contribution is 9.11. The third kappa shape index (κ3) is 3.17. The maximum Gasteiger partial charge on any atom is 0.0836 e. The molecule has 0 bridgehead atoms. The van der Waals surface area contributed by atoms with Crippen LogP contribution in [0.25, 0.3) is 0 Å². The molecule has 2 aromatic carbocycles. The van der Waals surface area contributed by atoms with Gasteiger partial charge in [0.25, 0.3) is 0 Å². The van der Waals surface area contributed by atoms with Gasteiger partial charge >= 0.3 is 0 Å². The van der Waals surface area contributed by atoms with E-state index in [1.54, 1.807) is 0 Å². The van der Waals surface area contributed by atoms with Crippen molar-refractivity contribution < 1.29 is 0 Å². The van der Waals surface area contributed by atoms with Crippen molar-refractivity contribution in [3.8, 4) is 0 Å². The molecule has 0 fully saturated rings. The monoisotopic (exact) mass is 386 g/mol. The Kier molecular flexibility index (Phi) is 4.52. The standard InChI is InChI=1S/C15H13Br2Cl/c1-9-3-4-11(5-10(9)2)15(18)12-6-13(16)8-14(17)7-12/h3-8,15H,1-2H3. The zero-order valence-corrected chi connectivity index (χ0v) is 14.1. The predicted octanol–water partition coefficient (Wildman–Crippen LogP) is 6.16. The SMILES string of the molecule is Cc1ccc(C(Cl)c2cc(Br)cc(Br)c2)cc1C. The fraction of sp³-hybridized carbons (Fsp3) is 0.200. The van der Waals surface area contributed by atoms with E-state index >= 15 is 0 Å². The molecule has 1 unspecified atom stereocenters. The largest absolute Gasteiger partial charge is 0.113 e. The second-order valence-corrected chi connectivity index (χ2v) is 6.68. The second kappa shape index (κ2) is 5.77. The molecule has 18 heavy (non-hydrogen) atoms. The first-order valence-electron chi connectivity index (χ1n) is 5.64. The number of rotatable bonds is 2. The van der Waals surface area contributed by atoms with E-state index in [0.29, 0.717) is 0 Å². The molecule has 0 spiro atoms. The average Bonchev–Trinajstić information content (AvgIpc) is 2.30. The van der Waals surface area contributed by atoms with Crippen LogP contribution >= 0.6 is 43.5 Å². The van der Waals surface area contributed by atoms with Crippen LogP contribution in [0.5, 0.6) is 0 Å². The molecule has 94 valence electrons. The van der Waals surface area contributed by atoms with Crippen molar-refractivity contribution in [2.24, 2.45) is 0 Å². The van der Waals surface area contributed by atoms with Crippen molar-refractivity contribution in [3.63, 3.8) is 0 Å². The fourth-order valence-corrected chi connectivity index (χ4v) is 3.43. The van der Waals surface area contributed by atoms with E-state index in [0.717, 1.165) is 20.1 Å². The van der Waals surface area contributed by atoms with Crippen molar-refractivity contribution in [1.82, 2.24) is 0 Å². The molecule has 0 nitrogen and oxygen atoms in total. The van der Waals surface area contributed by atoms with Gasteiger partial charge in [0.1, 0.15) is 0 Å². The minimum Gasteiger partial charge on any atom is -0.113 e.